The van der Waals surface area contributed by atoms with Gasteiger partial charge in [0, 0.05) is 11.5 Å². The first kappa shape index (κ1) is 17.3. The van der Waals surface area contributed by atoms with Crippen molar-refractivity contribution in [3.63, 3.8) is 0 Å². The molecule has 0 aliphatic carbocycles. The lowest BCUT2D eigenvalue weighted by Gasteiger charge is -2.23. The Balaban J connectivity index is 2.65. The first-order valence-corrected chi connectivity index (χ1v) is 7.00. The molecule has 1 rings (SSSR count). The highest BCUT2D eigenvalue weighted by Gasteiger charge is 2.39. The highest BCUT2D eigenvalue weighted by molar-refractivity contribution is 5.87. The van der Waals surface area contributed by atoms with E-state index in [4.69, 9.17) is 10.5 Å². The molecule has 7 heteroatoms. The second kappa shape index (κ2) is 5.91. The standard InChI is InChI=1S/C14H25N3O4/c1-13(2,3)21-12(20)16-9(10(15)18)6-8-7-14(4,5)17-11(8)19/h8-9H,6-7H2,1-5H3,(H2,15,18)(H,16,20)(H,17,19). The SMILES string of the molecule is CC1(C)CC(CC(NC(=O)OC(C)(C)C)C(N)=O)C(=O)N1. The molecule has 7 nitrogen and oxygen atoms in total. The van der Waals surface area contributed by atoms with E-state index in [-0.39, 0.29) is 23.8 Å². The van der Waals surface area contributed by atoms with E-state index in [0.717, 1.165) is 0 Å². The number of alkyl carbamates (subject to hydrolysis) is 1. The molecule has 0 aromatic carbocycles. The lowest BCUT2D eigenvalue weighted by molar-refractivity contribution is -0.124. The molecular weight excluding hydrogens is 274 g/mol. The molecule has 2 atom stereocenters. The Labute approximate surface area is 125 Å². The van der Waals surface area contributed by atoms with Crippen LogP contribution in [0.5, 0.6) is 0 Å². The molecule has 120 valence electrons. The van der Waals surface area contributed by atoms with Gasteiger partial charge in [-0.3, -0.25) is 9.59 Å². The Morgan fingerprint density at radius 1 is 1.48 bits per heavy atom. The summed E-state index contributed by atoms with van der Waals surface area (Å²) in [6.45, 7) is 8.98. The average molecular weight is 299 g/mol. The molecule has 3 amide bonds. The van der Waals surface area contributed by atoms with Gasteiger partial charge in [0.2, 0.25) is 11.8 Å². The van der Waals surface area contributed by atoms with E-state index in [9.17, 15) is 14.4 Å². The molecule has 0 aromatic heterocycles. The minimum absolute atomic E-state index is 0.128. The summed E-state index contributed by atoms with van der Waals surface area (Å²) >= 11 is 0. The fraction of sp³-hybridized carbons (Fsp3) is 0.786. The summed E-state index contributed by atoms with van der Waals surface area (Å²) < 4.78 is 5.09. The van der Waals surface area contributed by atoms with E-state index in [1.807, 2.05) is 13.8 Å². The number of carbonyl (C=O) groups is 3. The largest absolute Gasteiger partial charge is 0.444 e. The van der Waals surface area contributed by atoms with E-state index < -0.39 is 23.6 Å². The van der Waals surface area contributed by atoms with Crippen molar-refractivity contribution in [3.8, 4) is 0 Å². The fourth-order valence-corrected chi connectivity index (χ4v) is 2.37. The zero-order valence-corrected chi connectivity index (χ0v) is 13.3. The van der Waals surface area contributed by atoms with Crippen molar-refractivity contribution < 1.29 is 19.1 Å². The van der Waals surface area contributed by atoms with Crippen LogP contribution < -0.4 is 16.4 Å². The minimum Gasteiger partial charge on any atom is -0.444 e. The maximum absolute atomic E-state index is 11.9. The summed E-state index contributed by atoms with van der Waals surface area (Å²) in [5, 5.41) is 5.28. The second-order valence-electron chi connectivity index (χ2n) is 7.11. The topological polar surface area (TPSA) is 111 Å². The molecule has 0 radical (unpaired) electrons. The highest BCUT2D eigenvalue weighted by atomic mass is 16.6. The summed E-state index contributed by atoms with van der Waals surface area (Å²) in [5.41, 5.74) is 4.32. The summed E-state index contributed by atoms with van der Waals surface area (Å²) in [4.78, 5) is 35.0. The zero-order valence-electron chi connectivity index (χ0n) is 13.3. The first-order chi connectivity index (χ1) is 9.39. The Kier molecular flexibility index (Phi) is 4.86. The molecule has 4 N–H and O–H groups in total. The molecule has 1 aliphatic heterocycles. The third kappa shape index (κ3) is 5.61. The number of primary amides is 1. The number of ether oxygens (including phenoxy) is 1. The first-order valence-electron chi connectivity index (χ1n) is 7.00. The molecule has 1 saturated heterocycles. The van der Waals surface area contributed by atoms with Gasteiger partial charge < -0.3 is 21.1 Å². The van der Waals surface area contributed by atoms with Crippen molar-refractivity contribution in [2.75, 3.05) is 0 Å². The van der Waals surface area contributed by atoms with E-state index in [2.05, 4.69) is 10.6 Å². The molecule has 2 unspecified atom stereocenters. The lowest BCUT2D eigenvalue weighted by Crippen LogP contribution is -2.47. The Morgan fingerprint density at radius 3 is 2.43 bits per heavy atom. The third-order valence-electron chi connectivity index (χ3n) is 3.14. The van der Waals surface area contributed by atoms with Crippen molar-refractivity contribution in [2.24, 2.45) is 11.7 Å². The van der Waals surface area contributed by atoms with Crippen LogP contribution in [0.4, 0.5) is 4.79 Å². The fourth-order valence-electron chi connectivity index (χ4n) is 2.37. The summed E-state index contributed by atoms with van der Waals surface area (Å²) in [5.74, 6) is -1.16. The summed E-state index contributed by atoms with van der Waals surface area (Å²) in [7, 11) is 0. The molecule has 1 fully saturated rings. The van der Waals surface area contributed by atoms with Crippen LogP contribution in [0.15, 0.2) is 0 Å². The number of nitrogens with one attached hydrogen (secondary N) is 2. The lowest BCUT2D eigenvalue weighted by atomic mass is 9.91. The van der Waals surface area contributed by atoms with E-state index >= 15 is 0 Å². The Bertz CT molecular complexity index is 440. The quantitative estimate of drug-likeness (QED) is 0.708. The maximum Gasteiger partial charge on any atom is 0.408 e. The van der Waals surface area contributed by atoms with Crippen molar-refractivity contribution >= 4 is 17.9 Å². The average Bonchev–Trinajstić information content (AvgIpc) is 2.47. The third-order valence-corrected chi connectivity index (χ3v) is 3.14. The number of hydrogen-bond donors (Lipinski definition) is 3. The molecule has 0 spiro atoms. The number of carbonyl (C=O) groups excluding carboxylic acids is 3. The highest BCUT2D eigenvalue weighted by Crippen LogP contribution is 2.27. The summed E-state index contributed by atoms with van der Waals surface area (Å²) in [6.07, 6.45) is 0.0408. The van der Waals surface area contributed by atoms with E-state index in [1.165, 1.54) is 0 Å². The van der Waals surface area contributed by atoms with Gasteiger partial charge in [0.25, 0.3) is 0 Å². The maximum atomic E-state index is 11.9. The van der Waals surface area contributed by atoms with Crippen molar-refractivity contribution in [1.82, 2.24) is 10.6 Å². The van der Waals surface area contributed by atoms with Crippen LogP contribution in [0, 0.1) is 5.92 Å². The van der Waals surface area contributed by atoms with Crippen LogP contribution in [0.25, 0.3) is 0 Å². The van der Waals surface area contributed by atoms with Gasteiger partial charge in [-0.25, -0.2) is 4.79 Å². The molecule has 0 saturated carbocycles. The molecule has 0 bridgehead atoms. The van der Waals surface area contributed by atoms with Gasteiger partial charge in [-0.15, -0.1) is 0 Å². The zero-order chi connectivity index (χ0) is 16.4. The smallest absolute Gasteiger partial charge is 0.408 e. The van der Waals surface area contributed by atoms with Crippen LogP contribution in [0.1, 0.15) is 47.5 Å². The molecule has 0 aromatic rings. The van der Waals surface area contributed by atoms with Gasteiger partial charge in [-0.2, -0.15) is 0 Å². The number of amides is 3. The second-order valence-corrected chi connectivity index (χ2v) is 7.11. The Hall–Kier alpha value is -1.79. The molecular formula is C14H25N3O4. The van der Waals surface area contributed by atoms with E-state index in [1.54, 1.807) is 20.8 Å². The Morgan fingerprint density at radius 2 is 2.05 bits per heavy atom. The van der Waals surface area contributed by atoms with Crippen molar-refractivity contribution in [2.45, 2.75) is 64.6 Å². The van der Waals surface area contributed by atoms with Crippen LogP contribution in [0.3, 0.4) is 0 Å². The molecule has 1 heterocycles. The van der Waals surface area contributed by atoms with Gasteiger partial charge in [-0.1, -0.05) is 0 Å². The van der Waals surface area contributed by atoms with Gasteiger partial charge in [0.1, 0.15) is 11.6 Å². The predicted octanol–water partition coefficient (Wildman–Crippen LogP) is 0.670. The van der Waals surface area contributed by atoms with Crippen LogP contribution in [-0.2, 0) is 14.3 Å². The number of rotatable bonds is 4. The monoisotopic (exact) mass is 299 g/mol. The van der Waals surface area contributed by atoms with E-state index in [0.29, 0.717) is 6.42 Å². The van der Waals surface area contributed by atoms with Crippen molar-refractivity contribution in [1.29, 1.82) is 0 Å². The summed E-state index contributed by atoms with van der Waals surface area (Å²) in [6, 6.07) is -0.926. The van der Waals surface area contributed by atoms with Crippen LogP contribution >= 0.6 is 0 Å². The predicted molar refractivity (Wildman–Crippen MR) is 77.3 cm³/mol. The van der Waals surface area contributed by atoms with Crippen LogP contribution in [0.2, 0.25) is 0 Å². The van der Waals surface area contributed by atoms with Crippen molar-refractivity contribution in [3.05, 3.63) is 0 Å². The molecule has 21 heavy (non-hydrogen) atoms. The molecule has 1 aliphatic rings. The van der Waals surface area contributed by atoms with Crippen LogP contribution in [-0.4, -0.2) is 35.1 Å². The van der Waals surface area contributed by atoms with Gasteiger partial charge in [0.15, 0.2) is 0 Å². The minimum atomic E-state index is -0.926. The number of hydrogen-bond acceptors (Lipinski definition) is 4. The normalized spacial score (nSPS) is 22.3. The number of nitrogens with two attached hydrogens (primary N) is 1. The van der Waals surface area contributed by atoms with Gasteiger partial charge in [-0.05, 0) is 47.5 Å². The van der Waals surface area contributed by atoms with Gasteiger partial charge >= 0.3 is 6.09 Å². The van der Waals surface area contributed by atoms with Gasteiger partial charge in [0.05, 0.1) is 0 Å².